The Labute approximate surface area is 173 Å². The predicted octanol–water partition coefficient (Wildman–Crippen LogP) is 1.85. The third kappa shape index (κ3) is 4.34. The molecule has 1 atom stereocenters. The van der Waals surface area contributed by atoms with Gasteiger partial charge in [-0.1, -0.05) is 0 Å². The molecule has 0 saturated carbocycles. The molecule has 31 heavy (non-hydrogen) atoms. The van der Waals surface area contributed by atoms with Crippen molar-refractivity contribution >= 4 is 32.5 Å². The summed E-state index contributed by atoms with van der Waals surface area (Å²) in [4.78, 5) is 50.3. The smallest absolute Gasteiger partial charge is 0.353 e. The van der Waals surface area contributed by atoms with E-state index in [1.54, 1.807) is 0 Å². The maximum Gasteiger partial charge on any atom is 0.422 e. The number of rotatable bonds is 5. The number of piperazine rings is 1. The van der Waals surface area contributed by atoms with Crippen LogP contribution in [0, 0.1) is 0 Å². The predicted molar refractivity (Wildman–Crippen MR) is 101 cm³/mol. The van der Waals surface area contributed by atoms with Gasteiger partial charge >= 0.3 is 29.1 Å². The molecule has 3 rings (SSSR count). The first-order valence-corrected chi connectivity index (χ1v) is 10.5. The zero-order valence-corrected chi connectivity index (χ0v) is 17.0. The fraction of sp³-hybridized carbons (Fsp3) is 0.529. The van der Waals surface area contributed by atoms with E-state index in [4.69, 9.17) is 0 Å². The first kappa shape index (κ1) is 22.9. The minimum Gasteiger partial charge on any atom is -0.353 e. The SMILES string of the molecule is CCn1c(=O)c2c(cc(C(=O)N3CCNC(=O)C3)[s+]2C(F)F)n(CCC(F)(F)F)c1=O. The second kappa shape index (κ2) is 8.40. The minimum absolute atomic E-state index is 0.0404. The largest absolute Gasteiger partial charge is 0.422 e. The third-order valence-electron chi connectivity index (χ3n) is 4.80. The van der Waals surface area contributed by atoms with E-state index in [1.165, 1.54) is 6.92 Å². The number of thiophene rings is 1. The highest BCUT2D eigenvalue weighted by Crippen LogP contribution is 2.44. The van der Waals surface area contributed by atoms with Crippen molar-refractivity contribution in [1.29, 1.82) is 0 Å². The van der Waals surface area contributed by atoms with Crippen molar-refractivity contribution in [3.05, 3.63) is 31.8 Å². The fourth-order valence-corrected chi connectivity index (χ4v) is 5.22. The van der Waals surface area contributed by atoms with Crippen LogP contribution >= 0.6 is 10.5 Å². The Kier molecular flexibility index (Phi) is 6.21. The Morgan fingerprint density at radius 2 is 1.90 bits per heavy atom. The molecule has 8 nitrogen and oxygen atoms in total. The Morgan fingerprint density at radius 3 is 2.45 bits per heavy atom. The van der Waals surface area contributed by atoms with Gasteiger partial charge in [0.2, 0.25) is 10.8 Å². The number of aromatic nitrogens is 2. The highest BCUT2D eigenvalue weighted by atomic mass is 32.2. The van der Waals surface area contributed by atoms with Gasteiger partial charge in [-0.05, 0) is 6.92 Å². The van der Waals surface area contributed by atoms with Crippen molar-refractivity contribution in [2.75, 3.05) is 19.6 Å². The van der Waals surface area contributed by atoms with Gasteiger partial charge in [-0.15, -0.1) is 0 Å². The van der Waals surface area contributed by atoms with Gasteiger partial charge in [0.15, 0.2) is 0 Å². The number of amides is 2. The van der Waals surface area contributed by atoms with Crippen LogP contribution in [0.1, 0.15) is 28.8 Å². The number of nitrogens with one attached hydrogen (secondary N) is 1. The van der Waals surface area contributed by atoms with Crippen LogP contribution in [-0.2, 0) is 17.9 Å². The summed E-state index contributed by atoms with van der Waals surface area (Å²) < 4.78 is 66.9. The first-order valence-electron chi connectivity index (χ1n) is 9.19. The van der Waals surface area contributed by atoms with E-state index in [2.05, 4.69) is 5.32 Å². The molecule has 0 radical (unpaired) electrons. The topological polar surface area (TPSA) is 93.4 Å². The maximum absolute atomic E-state index is 14.0. The Morgan fingerprint density at radius 1 is 1.23 bits per heavy atom. The first-order chi connectivity index (χ1) is 14.5. The molecule has 2 amide bonds. The average Bonchev–Trinajstić information content (AvgIpc) is 3.07. The molecule has 1 aliphatic rings. The summed E-state index contributed by atoms with van der Waals surface area (Å²) in [5.74, 6) is -4.63. The lowest BCUT2D eigenvalue weighted by molar-refractivity contribution is -0.136. The van der Waals surface area contributed by atoms with E-state index >= 15 is 0 Å². The number of alkyl halides is 5. The standard InChI is InChI=1S/C17H17F5N4O4S/c1-2-25-14(29)12-9(26(16(25)30)5-3-17(20,21)22)7-10(31(12)15(18)19)13(28)24-6-4-23-11(27)8-24/h7,15H,2-6,8H2,1H3/p+1. The number of nitrogens with zero attached hydrogens (tertiary/aromatic N) is 3. The Bertz CT molecular complexity index is 1150. The maximum atomic E-state index is 14.0. The van der Waals surface area contributed by atoms with Crippen molar-refractivity contribution in [2.24, 2.45) is 0 Å². The molecule has 0 bridgehead atoms. The zero-order valence-electron chi connectivity index (χ0n) is 16.2. The van der Waals surface area contributed by atoms with Crippen LogP contribution in [0.3, 0.4) is 0 Å². The van der Waals surface area contributed by atoms with E-state index in [0.717, 1.165) is 11.0 Å². The molecule has 1 unspecified atom stereocenters. The minimum atomic E-state index is -4.63. The molecule has 1 fully saturated rings. The highest BCUT2D eigenvalue weighted by Gasteiger charge is 2.40. The van der Waals surface area contributed by atoms with Crippen LogP contribution in [0.5, 0.6) is 0 Å². The normalized spacial score (nSPS) is 15.6. The van der Waals surface area contributed by atoms with Crippen LogP contribution in [-0.4, -0.2) is 51.7 Å². The van der Waals surface area contributed by atoms with Crippen LogP contribution in [0.25, 0.3) is 10.2 Å². The van der Waals surface area contributed by atoms with Gasteiger partial charge in [0, 0.05) is 32.2 Å². The number of aryl methyl sites for hydroxylation is 1. The molecule has 170 valence electrons. The van der Waals surface area contributed by atoms with Crippen molar-refractivity contribution in [1.82, 2.24) is 19.4 Å². The lowest BCUT2D eigenvalue weighted by atomic mass is 10.3. The molecule has 1 aliphatic heterocycles. The summed E-state index contributed by atoms with van der Waals surface area (Å²) >= 11 is 0. The van der Waals surface area contributed by atoms with Crippen LogP contribution in [0.4, 0.5) is 22.0 Å². The summed E-state index contributed by atoms with van der Waals surface area (Å²) in [6, 6.07) is 0.888. The van der Waals surface area contributed by atoms with Crippen molar-refractivity contribution in [3.63, 3.8) is 0 Å². The van der Waals surface area contributed by atoms with Crippen LogP contribution < -0.4 is 16.6 Å². The lowest BCUT2D eigenvalue weighted by Gasteiger charge is -2.25. The van der Waals surface area contributed by atoms with Gasteiger partial charge in [0.05, 0.1) is 16.9 Å². The quantitative estimate of drug-likeness (QED) is 0.535. The summed E-state index contributed by atoms with van der Waals surface area (Å²) in [6.45, 7) is 0.00497. The lowest BCUT2D eigenvalue weighted by Crippen LogP contribution is -2.49. The molecular weight excluding hydrogens is 451 g/mol. The van der Waals surface area contributed by atoms with Gasteiger partial charge in [0.25, 0.3) is 4.70 Å². The number of hydrogen-bond donors (Lipinski definition) is 1. The molecule has 0 spiro atoms. The number of carbonyl (C=O) groups is 2. The third-order valence-corrected chi connectivity index (χ3v) is 6.75. The Hall–Kier alpha value is -2.77. The van der Waals surface area contributed by atoms with Gasteiger partial charge in [-0.2, -0.15) is 22.0 Å². The number of halogens is 5. The van der Waals surface area contributed by atoms with Gasteiger partial charge in [-0.3, -0.25) is 23.5 Å². The summed E-state index contributed by atoms with van der Waals surface area (Å²) in [7, 11) is -2.37. The average molecular weight is 469 g/mol. The molecule has 14 heteroatoms. The van der Waals surface area contributed by atoms with E-state index in [0.29, 0.717) is 9.13 Å². The van der Waals surface area contributed by atoms with Gasteiger partial charge < -0.3 is 10.2 Å². The molecule has 0 aromatic carbocycles. The molecule has 1 saturated heterocycles. The number of hydrogen-bond acceptors (Lipinski definition) is 4. The van der Waals surface area contributed by atoms with Crippen molar-refractivity contribution in [2.45, 2.75) is 38.4 Å². The summed E-state index contributed by atoms with van der Waals surface area (Å²) in [6.07, 6.45) is -6.06. The zero-order chi connectivity index (χ0) is 23.1. The van der Waals surface area contributed by atoms with E-state index in [-0.39, 0.29) is 26.2 Å². The van der Waals surface area contributed by atoms with Crippen LogP contribution in [0.15, 0.2) is 15.7 Å². The van der Waals surface area contributed by atoms with Crippen molar-refractivity contribution in [3.8, 4) is 0 Å². The second-order valence-corrected chi connectivity index (χ2v) is 8.63. The van der Waals surface area contributed by atoms with Crippen LogP contribution in [0.2, 0.25) is 0 Å². The van der Waals surface area contributed by atoms with Gasteiger partial charge in [-0.25, -0.2) is 4.79 Å². The molecule has 1 N–H and O–H groups in total. The van der Waals surface area contributed by atoms with E-state index in [9.17, 15) is 41.1 Å². The van der Waals surface area contributed by atoms with E-state index < -0.39 is 73.5 Å². The van der Waals surface area contributed by atoms with Gasteiger partial charge in [0.1, 0.15) is 12.1 Å². The number of fused-ring (bicyclic) bond motifs is 1. The highest BCUT2D eigenvalue weighted by molar-refractivity contribution is 7.38. The summed E-state index contributed by atoms with van der Waals surface area (Å²) in [5, 5.41) is 2.48. The summed E-state index contributed by atoms with van der Waals surface area (Å²) in [5.41, 5.74) is -2.56. The molecule has 0 aliphatic carbocycles. The number of carbonyl (C=O) groups excluding carboxylic acids is 2. The Balaban J connectivity index is 2.27. The molecule has 3 heterocycles. The second-order valence-electron chi connectivity index (χ2n) is 6.75. The monoisotopic (exact) mass is 469 g/mol. The fourth-order valence-electron chi connectivity index (χ4n) is 3.38. The molecule has 2 aromatic heterocycles. The molecular formula is C17H18F5N4O4S+. The molecule has 2 aromatic rings. The van der Waals surface area contributed by atoms with E-state index in [1.807, 2.05) is 0 Å². The van der Waals surface area contributed by atoms with Crippen molar-refractivity contribution < 1.29 is 31.5 Å².